The van der Waals surface area contributed by atoms with Crippen molar-refractivity contribution in [3.63, 3.8) is 0 Å². The standard InChI is InChI=1S/C16H14P.C13H9.2ClH.Ti/c1-12-11-13-7-5-6-10-15(13)16(12)17-14-8-3-2-4-9-14;1-3-7-12-10(5-1)9-11-6-2-4-8-13(11)12;;;/h2-11,17H,1H3;1-5,7-8H,9H2;2*1H;/q2*-1;;;+4/p-2. The molecular weight excluding hydrogens is 498 g/mol. The topological polar surface area (TPSA) is 0 Å². The van der Waals surface area contributed by atoms with Crippen molar-refractivity contribution in [1.82, 2.24) is 0 Å². The van der Waals surface area contributed by atoms with Gasteiger partial charge in [-0.1, -0.05) is 78.7 Å². The van der Waals surface area contributed by atoms with Crippen molar-refractivity contribution in [1.29, 1.82) is 0 Å². The van der Waals surface area contributed by atoms with E-state index in [2.05, 4.69) is 110 Å². The van der Waals surface area contributed by atoms with E-state index in [9.17, 15) is 0 Å². The molecule has 0 fully saturated rings. The Morgan fingerprint density at radius 2 is 1.42 bits per heavy atom. The van der Waals surface area contributed by atoms with E-state index in [4.69, 9.17) is 0 Å². The Bertz CT molecular complexity index is 1270. The molecule has 0 aliphatic heterocycles. The maximum Gasteiger partial charge on any atom is 4.00 e. The van der Waals surface area contributed by atoms with Gasteiger partial charge < -0.3 is 24.8 Å². The van der Waals surface area contributed by atoms with Crippen molar-refractivity contribution in [3.8, 4) is 11.1 Å². The van der Waals surface area contributed by atoms with Crippen molar-refractivity contribution >= 4 is 30.0 Å². The van der Waals surface area contributed by atoms with Gasteiger partial charge in [0.2, 0.25) is 0 Å². The molecule has 1 atom stereocenters. The predicted octanol–water partition coefficient (Wildman–Crippen LogP) is 0.560. The van der Waals surface area contributed by atoms with Crippen LogP contribution in [0, 0.1) is 13.0 Å². The first-order chi connectivity index (χ1) is 14.8. The fourth-order valence-electron chi connectivity index (χ4n) is 4.20. The van der Waals surface area contributed by atoms with Gasteiger partial charge in [-0.25, -0.2) is 0 Å². The molecule has 0 bridgehead atoms. The van der Waals surface area contributed by atoms with E-state index in [-0.39, 0.29) is 46.5 Å². The zero-order chi connectivity index (χ0) is 20.3. The first kappa shape index (κ1) is 27.5. The molecule has 0 N–H and O–H groups in total. The molecule has 5 aromatic rings. The summed E-state index contributed by atoms with van der Waals surface area (Å²) in [6.45, 7) is 2.21. The third-order valence-corrected chi connectivity index (χ3v) is 7.19. The van der Waals surface area contributed by atoms with Crippen LogP contribution in [0.3, 0.4) is 0 Å². The van der Waals surface area contributed by atoms with Gasteiger partial charge in [0.1, 0.15) is 0 Å². The van der Waals surface area contributed by atoms with E-state index in [1.165, 1.54) is 49.2 Å². The second kappa shape index (κ2) is 12.6. The SMILES string of the molecule is Cc1[cH-]c2ccccc2c1Pc1ccccc1.[Cl-].[Cl-].[Ti+4].[c-]1cccc2c1Cc1ccccc1-2. The van der Waals surface area contributed by atoms with Crippen molar-refractivity contribution < 1.29 is 46.5 Å². The van der Waals surface area contributed by atoms with Gasteiger partial charge in [0.05, 0.1) is 0 Å². The summed E-state index contributed by atoms with van der Waals surface area (Å²) in [5.74, 6) is 0. The van der Waals surface area contributed by atoms with E-state index in [0.717, 1.165) is 15.0 Å². The van der Waals surface area contributed by atoms with Crippen LogP contribution in [0.2, 0.25) is 0 Å². The van der Waals surface area contributed by atoms with Crippen LogP contribution in [-0.4, -0.2) is 0 Å². The van der Waals surface area contributed by atoms with Gasteiger partial charge in [0.25, 0.3) is 0 Å². The monoisotopic (exact) mass is 520 g/mol. The van der Waals surface area contributed by atoms with Gasteiger partial charge >= 0.3 is 21.7 Å². The van der Waals surface area contributed by atoms with Crippen LogP contribution in [0.1, 0.15) is 16.7 Å². The van der Waals surface area contributed by atoms with Gasteiger partial charge in [0.15, 0.2) is 0 Å². The summed E-state index contributed by atoms with van der Waals surface area (Å²) < 4.78 is 0. The zero-order valence-electron chi connectivity index (χ0n) is 18.3. The van der Waals surface area contributed by atoms with Crippen molar-refractivity contribution in [2.75, 3.05) is 0 Å². The molecule has 6 rings (SSSR count). The van der Waals surface area contributed by atoms with E-state index in [1.54, 1.807) is 0 Å². The van der Waals surface area contributed by atoms with Crippen molar-refractivity contribution in [2.45, 2.75) is 13.3 Å². The van der Waals surface area contributed by atoms with E-state index < -0.39 is 0 Å². The molecule has 1 aliphatic carbocycles. The Balaban J connectivity index is 0.000000220. The second-order valence-corrected chi connectivity index (χ2v) is 9.00. The summed E-state index contributed by atoms with van der Waals surface area (Å²) in [4.78, 5) is 0. The van der Waals surface area contributed by atoms with Gasteiger partial charge in [-0.3, -0.25) is 0 Å². The van der Waals surface area contributed by atoms with Crippen molar-refractivity contribution in [3.05, 3.63) is 126 Å². The average molecular weight is 521 g/mol. The van der Waals surface area contributed by atoms with Crippen LogP contribution < -0.4 is 35.4 Å². The minimum absolute atomic E-state index is 0. The molecule has 4 heteroatoms. The summed E-state index contributed by atoms with van der Waals surface area (Å²) in [7, 11) is 0.754. The van der Waals surface area contributed by atoms with Crippen LogP contribution in [0.5, 0.6) is 0 Å². The number of halogens is 2. The zero-order valence-corrected chi connectivity index (χ0v) is 22.4. The maximum absolute atomic E-state index is 3.30. The number of hydrogen-bond donors (Lipinski definition) is 0. The summed E-state index contributed by atoms with van der Waals surface area (Å²) in [6.07, 6.45) is 1.05. The van der Waals surface area contributed by atoms with Crippen LogP contribution in [0.25, 0.3) is 21.9 Å². The molecule has 0 nitrogen and oxygen atoms in total. The first-order valence-electron chi connectivity index (χ1n) is 10.3. The Kier molecular flexibility index (Phi) is 10.5. The van der Waals surface area contributed by atoms with Crippen LogP contribution >= 0.6 is 8.58 Å². The predicted molar refractivity (Wildman–Crippen MR) is 132 cm³/mol. The minimum Gasteiger partial charge on any atom is -1.00 e. The second-order valence-electron chi connectivity index (χ2n) is 7.68. The van der Waals surface area contributed by atoms with Crippen molar-refractivity contribution in [2.24, 2.45) is 0 Å². The average Bonchev–Trinajstić information content (AvgIpc) is 3.32. The molecule has 0 saturated carbocycles. The van der Waals surface area contributed by atoms with Gasteiger partial charge in [-0.05, 0) is 11.7 Å². The third kappa shape index (κ3) is 6.02. The van der Waals surface area contributed by atoms with Gasteiger partial charge in [0, 0.05) is 0 Å². The van der Waals surface area contributed by atoms with E-state index >= 15 is 0 Å². The van der Waals surface area contributed by atoms with Gasteiger partial charge in [-0.2, -0.15) is 29.8 Å². The maximum atomic E-state index is 3.30. The summed E-state index contributed by atoms with van der Waals surface area (Å²) >= 11 is 0. The molecule has 0 aromatic heterocycles. The van der Waals surface area contributed by atoms with Crippen LogP contribution in [0.4, 0.5) is 0 Å². The Labute approximate surface area is 225 Å². The van der Waals surface area contributed by atoms with Crippen LogP contribution in [-0.2, 0) is 28.1 Å². The van der Waals surface area contributed by atoms with E-state index in [1.807, 2.05) is 6.07 Å². The van der Waals surface area contributed by atoms with Gasteiger partial charge in [-0.15, -0.1) is 60.1 Å². The minimum atomic E-state index is 0. The molecule has 1 unspecified atom stereocenters. The molecule has 33 heavy (non-hydrogen) atoms. The molecule has 162 valence electrons. The number of aryl methyl sites for hydroxylation is 1. The molecule has 1 aliphatic rings. The Morgan fingerprint density at radius 3 is 2.24 bits per heavy atom. The quantitative estimate of drug-likeness (QED) is 0.178. The Morgan fingerprint density at radius 1 is 0.758 bits per heavy atom. The Hall–Kier alpha value is -1.79. The summed E-state index contributed by atoms with van der Waals surface area (Å²) in [6, 6.07) is 39.8. The first-order valence-corrected chi connectivity index (χ1v) is 11.3. The molecule has 5 aromatic carbocycles. The molecular formula is C29H23Cl2PTi. The van der Waals surface area contributed by atoms with E-state index in [0.29, 0.717) is 0 Å². The smallest absolute Gasteiger partial charge is 1.00 e. The summed E-state index contributed by atoms with van der Waals surface area (Å²) in [5, 5.41) is 5.68. The molecule has 0 amide bonds. The molecule has 0 heterocycles. The number of hydrogen-bond acceptors (Lipinski definition) is 0. The van der Waals surface area contributed by atoms with Crippen LogP contribution in [0.15, 0.2) is 103 Å². The molecule has 0 saturated heterocycles. The third-order valence-electron chi connectivity index (χ3n) is 5.66. The summed E-state index contributed by atoms with van der Waals surface area (Å²) in [5.41, 5.74) is 6.92. The molecule has 0 spiro atoms. The number of benzene rings is 4. The number of fused-ring (bicyclic) bond motifs is 4. The fourth-order valence-corrected chi connectivity index (χ4v) is 5.48. The number of rotatable bonds is 2. The largest absolute Gasteiger partial charge is 4.00 e. The molecule has 0 radical (unpaired) electrons. The normalized spacial score (nSPS) is 10.8. The fraction of sp³-hybridized carbons (Fsp3) is 0.0690.